The number of aliphatic hydroxyl groups is 1. The molecule has 2 aromatic rings. The number of hydrogen-bond donors (Lipinski definition) is 3. The Morgan fingerprint density at radius 1 is 1.32 bits per heavy atom. The molecule has 1 aliphatic carbocycles. The van der Waals surface area contributed by atoms with E-state index >= 15 is 0 Å². The van der Waals surface area contributed by atoms with Gasteiger partial charge in [-0.1, -0.05) is 17.7 Å². The van der Waals surface area contributed by atoms with Gasteiger partial charge in [-0.05, 0) is 42.2 Å². The molecule has 0 saturated carbocycles. The van der Waals surface area contributed by atoms with E-state index in [1.807, 2.05) is 12.1 Å². The summed E-state index contributed by atoms with van der Waals surface area (Å²) in [5, 5.41) is 13.6. The second-order valence-corrected chi connectivity index (χ2v) is 9.58. The number of nitrogens with one attached hydrogen (secondary N) is 2. The minimum absolute atomic E-state index is 0.00926. The second-order valence-electron chi connectivity index (χ2n) is 6.13. The lowest BCUT2D eigenvalue weighted by molar-refractivity contribution is 0.0940. The molecule has 9 heteroatoms. The summed E-state index contributed by atoms with van der Waals surface area (Å²) in [7, 11) is -3.65. The topological polar surface area (TPSA) is 95.5 Å². The predicted octanol–water partition coefficient (Wildman–Crippen LogP) is 2.14. The maximum absolute atomic E-state index is 12.6. The van der Waals surface area contributed by atoms with Crippen LogP contribution in [0.25, 0.3) is 0 Å². The van der Waals surface area contributed by atoms with Crippen LogP contribution >= 0.6 is 22.9 Å². The quantitative estimate of drug-likeness (QED) is 0.722. The molecule has 0 radical (unpaired) electrons. The van der Waals surface area contributed by atoms with Crippen LogP contribution in [0.4, 0.5) is 0 Å². The highest BCUT2D eigenvalue weighted by atomic mass is 35.5. The third kappa shape index (κ3) is 2.98. The number of β-amino-alcohol motifs (C(OH)–C–C–N with tert-alkyl or cyclic N) is 1. The van der Waals surface area contributed by atoms with Crippen molar-refractivity contribution in [3.63, 3.8) is 0 Å². The van der Waals surface area contributed by atoms with Crippen LogP contribution < -0.4 is 10.0 Å². The van der Waals surface area contributed by atoms with Crippen LogP contribution in [0, 0.1) is 0 Å². The summed E-state index contributed by atoms with van der Waals surface area (Å²) in [6.07, 6.45) is 0.666. The van der Waals surface area contributed by atoms with Crippen molar-refractivity contribution in [1.82, 2.24) is 10.0 Å². The monoisotopic (exact) mass is 398 g/mol. The molecule has 2 atom stereocenters. The minimum atomic E-state index is -3.65. The summed E-state index contributed by atoms with van der Waals surface area (Å²) in [5.74, 6) is -0.338. The summed E-state index contributed by atoms with van der Waals surface area (Å²) >= 11 is 6.88. The van der Waals surface area contributed by atoms with E-state index in [4.69, 9.17) is 11.6 Å². The molecule has 2 aliphatic rings. The Hall–Kier alpha value is -1.45. The molecular weight excluding hydrogens is 384 g/mol. The lowest BCUT2D eigenvalue weighted by atomic mass is 10.1. The molecular formula is C16H15ClN2O4S2. The molecule has 1 aromatic carbocycles. The van der Waals surface area contributed by atoms with Gasteiger partial charge < -0.3 is 10.4 Å². The van der Waals surface area contributed by atoms with Gasteiger partial charge in [0.2, 0.25) is 0 Å². The molecule has 0 bridgehead atoms. The lowest BCUT2D eigenvalue weighted by Gasteiger charge is -2.18. The average Bonchev–Trinajstić information content (AvgIpc) is 3.17. The van der Waals surface area contributed by atoms with Gasteiger partial charge in [0.15, 0.2) is 0 Å². The van der Waals surface area contributed by atoms with Crippen LogP contribution in [0.2, 0.25) is 5.02 Å². The van der Waals surface area contributed by atoms with E-state index in [9.17, 15) is 18.3 Å². The number of aliphatic hydroxyl groups excluding tert-OH is 1. The van der Waals surface area contributed by atoms with Gasteiger partial charge in [-0.15, -0.1) is 11.3 Å². The third-order valence-electron chi connectivity index (χ3n) is 4.51. The number of hydrogen-bond acceptors (Lipinski definition) is 5. The number of rotatable bonds is 2. The van der Waals surface area contributed by atoms with Gasteiger partial charge in [0.1, 0.15) is 4.21 Å². The number of thiophene rings is 1. The van der Waals surface area contributed by atoms with E-state index in [-0.39, 0.29) is 33.1 Å². The van der Waals surface area contributed by atoms with E-state index in [1.54, 1.807) is 6.07 Å². The van der Waals surface area contributed by atoms with Crippen LogP contribution in [0.1, 0.15) is 44.9 Å². The van der Waals surface area contributed by atoms with Crippen LogP contribution in [-0.4, -0.2) is 26.0 Å². The molecule has 132 valence electrons. The van der Waals surface area contributed by atoms with E-state index in [0.29, 0.717) is 5.02 Å². The Labute approximate surface area is 153 Å². The second kappa shape index (κ2) is 6.07. The van der Waals surface area contributed by atoms with Gasteiger partial charge >= 0.3 is 0 Å². The molecule has 1 unspecified atom stereocenters. The van der Waals surface area contributed by atoms with Crippen molar-refractivity contribution in [2.45, 2.75) is 29.2 Å². The van der Waals surface area contributed by atoms with Gasteiger partial charge in [-0.25, -0.2) is 13.1 Å². The lowest BCUT2D eigenvalue weighted by Crippen LogP contribution is -2.33. The first-order valence-electron chi connectivity index (χ1n) is 7.76. The summed E-state index contributed by atoms with van der Waals surface area (Å²) in [5.41, 5.74) is 2.44. The van der Waals surface area contributed by atoms with Crippen molar-refractivity contribution in [3.8, 4) is 0 Å². The summed E-state index contributed by atoms with van der Waals surface area (Å²) in [4.78, 5) is 12.9. The van der Waals surface area contributed by atoms with Gasteiger partial charge in [0.25, 0.3) is 15.9 Å². The zero-order valence-corrected chi connectivity index (χ0v) is 15.3. The number of sulfonamides is 1. The van der Waals surface area contributed by atoms with Crippen molar-refractivity contribution in [2.24, 2.45) is 0 Å². The molecule has 3 N–H and O–H groups in total. The Morgan fingerprint density at radius 2 is 2.12 bits per heavy atom. The molecule has 25 heavy (non-hydrogen) atoms. The number of amides is 1. The average molecular weight is 399 g/mol. The number of carbonyl (C=O) groups is 1. The number of aryl methyl sites for hydroxylation is 1. The van der Waals surface area contributed by atoms with Crippen molar-refractivity contribution in [2.75, 3.05) is 6.54 Å². The molecule has 0 saturated heterocycles. The SMILES string of the molecule is O=C(N[C@@H]1CCc2cc(Cl)ccc21)c1cc2c(s1)S(=O)(=O)NCC2O. The summed E-state index contributed by atoms with van der Waals surface area (Å²) in [6, 6.07) is 6.95. The van der Waals surface area contributed by atoms with Crippen molar-refractivity contribution in [3.05, 3.63) is 50.9 Å². The molecule has 2 heterocycles. The maximum atomic E-state index is 12.6. The van der Waals surface area contributed by atoms with Crippen molar-refractivity contribution >= 4 is 38.9 Å². The Balaban J connectivity index is 1.60. The molecule has 1 aliphatic heterocycles. The number of fused-ring (bicyclic) bond motifs is 2. The highest BCUT2D eigenvalue weighted by Crippen LogP contribution is 2.36. The first-order valence-corrected chi connectivity index (χ1v) is 10.4. The highest BCUT2D eigenvalue weighted by molar-refractivity contribution is 7.91. The van der Waals surface area contributed by atoms with Gasteiger partial charge in [-0.2, -0.15) is 0 Å². The highest BCUT2D eigenvalue weighted by Gasteiger charge is 2.33. The fraction of sp³-hybridized carbons (Fsp3) is 0.312. The van der Waals surface area contributed by atoms with Gasteiger partial charge in [-0.3, -0.25) is 4.79 Å². The normalized spacial score (nSPS) is 23.8. The summed E-state index contributed by atoms with van der Waals surface area (Å²) in [6.45, 7) is -0.0795. The van der Waals surface area contributed by atoms with E-state index in [2.05, 4.69) is 10.0 Å². The fourth-order valence-electron chi connectivity index (χ4n) is 3.27. The largest absolute Gasteiger partial charge is 0.387 e. The predicted molar refractivity (Wildman–Crippen MR) is 94.4 cm³/mol. The van der Waals surface area contributed by atoms with Crippen LogP contribution in [-0.2, 0) is 16.4 Å². The molecule has 0 spiro atoms. The molecule has 1 aromatic heterocycles. The number of carbonyl (C=O) groups excluding carboxylic acids is 1. The first kappa shape index (κ1) is 17.0. The molecule has 0 fully saturated rings. The fourth-order valence-corrected chi connectivity index (χ4v) is 6.22. The Morgan fingerprint density at radius 3 is 2.88 bits per heavy atom. The molecule has 1 amide bonds. The van der Waals surface area contributed by atoms with E-state index < -0.39 is 16.1 Å². The zero-order chi connectivity index (χ0) is 17.8. The Kier molecular flexibility index (Phi) is 4.12. The van der Waals surface area contributed by atoms with Crippen LogP contribution in [0.15, 0.2) is 28.5 Å². The van der Waals surface area contributed by atoms with Crippen molar-refractivity contribution < 1.29 is 18.3 Å². The van der Waals surface area contributed by atoms with Gasteiger partial charge in [0.05, 0.1) is 17.0 Å². The standard InChI is InChI=1S/C16H15ClN2O4S2/c17-9-2-3-10-8(5-9)1-4-12(10)19-15(21)14-6-11-13(20)7-18-25(22,23)16(11)24-14/h2-3,5-6,12-13,18,20H,1,4,7H2,(H,19,21)/t12-,13?/m1/s1. The van der Waals surface area contributed by atoms with Crippen LogP contribution in [0.5, 0.6) is 0 Å². The third-order valence-corrected chi connectivity index (χ3v) is 7.86. The smallest absolute Gasteiger partial charge is 0.261 e. The first-order chi connectivity index (χ1) is 11.8. The minimum Gasteiger partial charge on any atom is -0.387 e. The molecule has 4 rings (SSSR count). The Bertz CT molecular complexity index is 971. The van der Waals surface area contributed by atoms with Crippen LogP contribution in [0.3, 0.4) is 0 Å². The zero-order valence-electron chi connectivity index (χ0n) is 13.0. The number of halogens is 1. The van der Waals surface area contributed by atoms with E-state index in [1.165, 1.54) is 6.07 Å². The number of benzene rings is 1. The summed E-state index contributed by atoms with van der Waals surface area (Å²) < 4.78 is 26.4. The maximum Gasteiger partial charge on any atom is 0.261 e. The van der Waals surface area contributed by atoms with Gasteiger partial charge in [0, 0.05) is 17.1 Å². The molecule has 6 nitrogen and oxygen atoms in total. The van der Waals surface area contributed by atoms with Crippen molar-refractivity contribution in [1.29, 1.82) is 0 Å². The van der Waals surface area contributed by atoms with E-state index in [0.717, 1.165) is 35.3 Å².